The number of nitrogens with one attached hydrogen (secondary N) is 3. The summed E-state index contributed by atoms with van der Waals surface area (Å²) in [6.07, 6.45) is 9.11. The van der Waals surface area contributed by atoms with E-state index in [1.807, 2.05) is 51.0 Å². The summed E-state index contributed by atoms with van der Waals surface area (Å²) in [5.41, 5.74) is 5.20. The topological polar surface area (TPSA) is 123 Å². The molecule has 0 aliphatic rings. The molecule has 0 fully saturated rings. The second kappa shape index (κ2) is 7.93. The maximum absolute atomic E-state index is 5.32. The second-order valence-corrected chi connectivity index (χ2v) is 7.77. The first-order valence-electron chi connectivity index (χ1n) is 10.3. The highest BCUT2D eigenvalue weighted by atomic mass is 16.5. The normalized spacial score (nSPS) is 11.2. The fourth-order valence-corrected chi connectivity index (χ4v) is 3.78. The standard InChI is InChI=1S/C22H24N10O/c1-12-8-25-22(27-16-10-32(4)30-21(16)33-5)28-17(12)15-9-24-18-14(15)6-7-23-19(18)29-20-13(2)26-11-31(20)3/h6-11,24H,1-5H3,(H,23,29)(H,25,27,28). The van der Waals surface area contributed by atoms with Crippen LogP contribution in [0.3, 0.4) is 0 Å². The number of anilines is 4. The molecule has 0 bridgehead atoms. The Morgan fingerprint density at radius 1 is 1.09 bits per heavy atom. The molecule has 0 aromatic carbocycles. The highest BCUT2D eigenvalue weighted by Crippen LogP contribution is 2.34. The summed E-state index contributed by atoms with van der Waals surface area (Å²) in [4.78, 5) is 21.5. The maximum Gasteiger partial charge on any atom is 0.256 e. The molecular weight excluding hydrogens is 420 g/mol. The molecule has 5 aromatic heterocycles. The molecule has 11 heteroatoms. The highest BCUT2D eigenvalue weighted by Gasteiger charge is 2.17. The zero-order valence-electron chi connectivity index (χ0n) is 19.0. The molecule has 0 radical (unpaired) electrons. The van der Waals surface area contributed by atoms with Crippen molar-refractivity contribution in [3.8, 4) is 17.1 Å². The predicted molar refractivity (Wildman–Crippen MR) is 126 cm³/mol. The monoisotopic (exact) mass is 444 g/mol. The van der Waals surface area contributed by atoms with E-state index in [1.165, 1.54) is 0 Å². The predicted octanol–water partition coefficient (Wildman–Crippen LogP) is 3.60. The Hall–Kier alpha value is -4.41. The number of fused-ring (bicyclic) bond motifs is 1. The van der Waals surface area contributed by atoms with Crippen molar-refractivity contribution < 1.29 is 4.74 Å². The van der Waals surface area contributed by atoms with Crippen LogP contribution in [0, 0.1) is 13.8 Å². The number of rotatable bonds is 6. The smallest absolute Gasteiger partial charge is 0.256 e. The number of aryl methyl sites for hydroxylation is 4. The number of hydrogen-bond acceptors (Lipinski definition) is 8. The molecule has 3 N–H and O–H groups in total. The minimum absolute atomic E-state index is 0.453. The lowest BCUT2D eigenvalue weighted by atomic mass is 10.1. The first kappa shape index (κ1) is 20.5. The zero-order chi connectivity index (χ0) is 23.1. The number of H-pyrrole nitrogens is 1. The summed E-state index contributed by atoms with van der Waals surface area (Å²) in [5, 5.41) is 11.9. The fourth-order valence-electron chi connectivity index (χ4n) is 3.78. The van der Waals surface area contributed by atoms with E-state index in [-0.39, 0.29) is 0 Å². The Labute approximate surface area is 189 Å². The van der Waals surface area contributed by atoms with Crippen molar-refractivity contribution in [3.05, 3.63) is 48.4 Å². The highest BCUT2D eigenvalue weighted by molar-refractivity contribution is 6.00. The van der Waals surface area contributed by atoms with E-state index in [0.29, 0.717) is 17.5 Å². The van der Waals surface area contributed by atoms with E-state index >= 15 is 0 Å². The minimum Gasteiger partial charge on any atom is -0.478 e. The van der Waals surface area contributed by atoms with E-state index in [0.717, 1.165) is 45.1 Å². The van der Waals surface area contributed by atoms with Crippen molar-refractivity contribution in [2.24, 2.45) is 14.1 Å². The van der Waals surface area contributed by atoms with Gasteiger partial charge in [0.2, 0.25) is 5.95 Å². The molecule has 0 aliphatic carbocycles. The average molecular weight is 445 g/mol. The van der Waals surface area contributed by atoms with Gasteiger partial charge in [-0.1, -0.05) is 0 Å². The largest absolute Gasteiger partial charge is 0.478 e. The van der Waals surface area contributed by atoms with Crippen LogP contribution in [0.15, 0.2) is 37.2 Å². The van der Waals surface area contributed by atoms with Gasteiger partial charge in [0.25, 0.3) is 5.88 Å². The number of imidazole rings is 1. The van der Waals surface area contributed by atoms with Gasteiger partial charge < -0.3 is 24.9 Å². The van der Waals surface area contributed by atoms with Crippen molar-refractivity contribution in [1.29, 1.82) is 0 Å². The van der Waals surface area contributed by atoms with Crippen LogP contribution in [0.25, 0.3) is 22.2 Å². The van der Waals surface area contributed by atoms with E-state index < -0.39 is 0 Å². The molecule has 5 rings (SSSR count). The summed E-state index contributed by atoms with van der Waals surface area (Å²) in [6.45, 7) is 3.95. The van der Waals surface area contributed by atoms with Gasteiger partial charge in [-0.25, -0.2) is 19.9 Å². The number of nitrogens with zero attached hydrogens (tertiary/aromatic N) is 7. The molecule has 33 heavy (non-hydrogen) atoms. The van der Waals surface area contributed by atoms with Gasteiger partial charge in [0.15, 0.2) is 5.82 Å². The Morgan fingerprint density at radius 2 is 1.94 bits per heavy atom. The Kier molecular flexibility index (Phi) is 4.93. The molecular formula is C22H24N10O. The van der Waals surface area contributed by atoms with Crippen LogP contribution in [-0.4, -0.2) is 46.4 Å². The van der Waals surface area contributed by atoms with Crippen LogP contribution in [0.2, 0.25) is 0 Å². The number of ether oxygens (including phenoxy) is 1. The van der Waals surface area contributed by atoms with Crippen molar-refractivity contribution in [1.82, 2.24) is 39.3 Å². The van der Waals surface area contributed by atoms with Crippen LogP contribution in [-0.2, 0) is 14.1 Å². The van der Waals surface area contributed by atoms with E-state index in [4.69, 9.17) is 9.72 Å². The minimum atomic E-state index is 0.453. The molecule has 0 spiro atoms. The molecule has 168 valence electrons. The SMILES string of the molecule is COc1nn(C)cc1Nc1ncc(C)c(-c2c[nH]c3c(Nc4c(C)ncn4C)nccc23)n1. The van der Waals surface area contributed by atoms with Gasteiger partial charge >= 0.3 is 0 Å². The second-order valence-electron chi connectivity index (χ2n) is 7.77. The van der Waals surface area contributed by atoms with Gasteiger partial charge in [-0.3, -0.25) is 4.68 Å². The summed E-state index contributed by atoms with van der Waals surface area (Å²) >= 11 is 0. The lowest BCUT2D eigenvalue weighted by molar-refractivity contribution is 0.393. The van der Waals surface area contributed by atoms with Crippen LogP contribution in [0.1, 0.15) is 11.3 Å². The Bertz CT molecular complexity index is 1440. The molecule has 5 aromatic rings. The molecule has 0 amide bonds. The maximum atomic E-state index is 5.32. The third kappa shape index (κ3) is 3.63. The summed E-state index contributed by atoms with van der Waals surface area (Å²) in [7, 11) is 5.35. The molecule has 0 saturated heterocycles. The van der Waals surface area contributed by atoms with Gasteiger partial charge in [0.05, 0.1) is 36.5 Å². The van der Waals surface area contributed by atoms with Crippen molar-refractivity contribution in [3.63, 3.8) is 0 Å². The number of pyridine rings is 1. The summed E-state index contributed by atoms with van der Waals surface area (Å²) < 4.78 is 8.92. The lowest BCUT2D eigenvalue weighted by Crippen LogP contribution is -2.01. The number of methoxy groups -OCH3 is 1. The molecule has 5 heterocycles. The van der Waals surface area contributed by atoms with Crippen LogP contribution < -0.4 is 15.4 Å². The van der Waals surface area contributed by atoms with Gasteiger partial charge in [-0.05, 0) is 25.5 Å². The van der Waals surface area contributed by atoms with E-state index in [9.17, 15) is 0 Å². The summed E-state index contributed by atoms with van der Waals surface area (Å²) in [5.74, 6) is 2.54. The van der Waals surface area contributed by atoms with Gasteiger partial charge in [0.1, 0.15) is 11.5 Å². The van der Waals surface area contributed by atoms with E-state index in [1.54, 1.807) is 30.5 Å². The summed E-state index contributed by atoms with van der Waals surface area (Å²) in [6, 6.07) is 1.97. The van der Waals surface area contributed by atoms with Crippen LogP contribution in [0.5, 0.6) is 5.88 Å². The third-order valence-corrected chi connectivity index (χ3v) is 5.42. The van der Waals surface area contributed by atoms with Gasteiger partial charge in [-0.2, -0.15) is 0 Å². The van der Waals surface area contributed by atoms with Crippen molar-refractivity contribution >= 4 is 34.2 Å². The first-order chi connectivity index (χ1) is 15.9. The molecule has 0 saturated carbocycles. The van der Waals surface area contributed by atoms with Crippen LogP contribution in [0.4, 0.5) is 23.3 Å². The Morgan fingerprint density at radius 3 is 2.70 bits per heavy atom. The fraction of sp³-hybridized carbons (Fsp3) is 0.227. The third-order valence-electron chi connectivity index (χ3n) is 5.42. The van der Waals surface area contributed by atoms with Gasteiger partial charge in [-0.15, -0.1) is 5.10 Å². The first-order valence-corrected chi connectivity index (χ1v) is 10.3. The number of hydrogen-bond donors (Lipinski definition) is 3. The average Bonchev–Trinajstić information content (AvgIpc) is 3.48. The Balaban J connectivity index is 1.53. The van der Waals surface area contributed by atoms with Crippen molar-refractivity contribution in [2.45, 2.75) is 13.8 Å². The molecule has 11 nitrogen and oxygen atoms in total. The number of aromatic nitrogens is 8. The van der Waals surface area contributed by atoms with Crippen molar-refractivity contribution in [2.75, 3.05) is 17.7 Å². The van der Waals surface area contributed by atoms with E-state index in [2.05, 4.69) is 35.7 Å². The molecule has 0 unspecified atom stereocenters. The zero-order valence-corrected chi connectivity index (χ0v) is 19.0. The molecule has 0 atom stereocenters. The van der Waals surface area contributed by atoms with Gasteiger partial charge in [0, 0.05) is 43.6 Å². The quantitative estimate of drug-likeness (QED) is 0.363. The number of aromatic amines is 1. The van der Waals surface area contributed by atoms with Crippen LogP contribution >= 0.6 is 0 Å². The lowest BCUT2D eigenvalue weighted by Gasteiger charge is -2.10. The molecule has 0 aliphatic heterocycles.